The number of benzene rings is 1. The molecule has 8 nitrogen and oxygen atoms in total. The molecule has 15 heteroatoms. The van der Waals surface area contributed by atoms with Crippen LogP contribution < -0.4 is 4.74 Å². The lowest BCUT2D eigenvalue weighted by atomic mass is 10.0. The zero-order valence-corrected chi connectivity index (χ0v) is 22.7. The number of carbonyl (C=O) groups is 2. The number of fused-ring (bicyclic) bond motifs is 1. The van der Waals surface area contributed by atoms with E-state index >= 15 is 0 Å². The molecule has 0 saturated heterocycles. The highest BCUT2D eigenvalue weighted by atomic mass is 127. The average molecular weight is 658 g/mol. The third kappa shape index (κ3) is 6.68. The fourth-order valence-electron chi connectivity index (χ4n) is 3.28. The number of aldehydes is 1. The molecular weight excluding hydrogens is 640 g/mol. The summed E-state index contributed by atoms with van der Waals surface area (Å²) < 4.78 is 61.1. The lowest BCUT2D eigenvalue weighted by molar-refractivity contribution is -0.138. The van der Waals surface area contributed by atoms with E-state index in [0.29, 0.717) is 35.7 Å². The van der Waals surface area contributed by atoms with Crippen LogP contribution in [0.5, 0.6) is 11.6 Å². The second-order valence-corrected chi connectivity index (χ2v) is 10.1. The molecule has 0 radical (unpaired) electrons. The van der Waals surface area contributed by atoms with Crippen LogP contribution in [0.15, 0.2) is 34.0 Å². The fraction of sp³-hybridized carbons (Fsp3) is 0.286. The van der Waals surface area contributed by atoms with E-state index in [4.69, 9.17) is 16.3 Å². The van der Waals surface area contributed by atoms with E-state index in [1.165, 1.54) is 13.1 Å². The first kappa shape index (κ1) is 28.2. The number of ketones is 1. The Morgan fingerprint density at radius 2 is 2.08 bits per heavy atom. The van der Waals surface area contributed by atoms with E-state index < -0.39 is 29.1 Å². The predicted octanol–water partition coefficient (Wildman–Crippen LogP) is 5.50. The van der Waals surface area contributed by atoms with Gasteiger partial charge in [-0.15, -0.1) is 0 Å². The van der Waals surface area contributed by atoms with E-state index in [0.717, 1.165) is 12.1 Å². The van der Waals surface area contributed by atoms with Gasteiger partial charge >= 0.3 is 6.18 Å². The van der Waals surface area contributed by atoms with Gasteiger partial charge in [-0.2, -0.15) is 23.3 Å². The first-order valence-electron chi connectivity index (χ1n) is 10.1. The summed E-state index contributed by atoms with van der Waals surface area (Å²) in [5.41, 5.74) is -0.339. The van der Waals surface area contributed by atoms with E-state index in [1.807, 2.05) is 0 Å². The van der Waals surface area contributed by atoms with Crippen LogP contribution in [0.2, 0.25) is 0 Å². The van der Waals surface area contributed by atoms with Crippen molar-refractivity contribution in [3.8, 4) is 11.6 Å². The Morgan fingerprint density at radius 1 is 1.36 bits per heavy atom. The summed E-state index contributed by atoms with van der Waals surface area (Å²) in [5.74, 6) is -2.80. The molecule has 1 atom stereocenters. The SMILES string of the molecule is CC(=O)c1nc2c(c(Oc3ccc(F)cc3C(F)(F)F)n1)CCN(C(/C=N\N(C)PI)=C(\Cl)C=O)C2. The number of halogens is 6. The molecule has 1 aromatic carbocycles. The third-order valence-corrected chi connectivity index (χ3v) is 7.70. The molecule has 0 amide bonds. The maximum Gasteiger partial charge on any atom is 0.420 e. The summed E-state index contributed by atoms with van der Waals surface area (Å²) in [5, 5.41) is 4.12. The second-order valence-electron chi connectivity index (χ2n) is 7.45. The fourth-order valence-corrected chi connectivity index (χ4v) is 3.92. The van der Waals surface area contributed by atoms with Gasteiger partial charge in [0.2, 0.25) is 5.88 Å². The van der Waals surface area contributed by atoms with Crippen LogP contribution in [-0.4, -0.2) is 51.5 Å². The van der Waals surface area contributed by atoms with Crippen LogP contribution in [0.1, 0.15) is 34.4 Å². The van der Waals surface area contributed by atoms with Gasteiger partial charge in [-0.1, -0.05) is 11.6 Å². The summed E-state index contributed by atoms with van der Waals surface area (Å²) in [6, 6.07) is 2.00. The highest BCUT2D eigenvalue weighted by Gasteiger charge is 2.36. The molecule has 1 aromatic heterocycles. The Labute approximate surface area is 223 Å². The minimum absolute atomic E-state index is 0.0473. The zero-order valence-electron chi connectivity index (χ0n) is 18.7. The molecule has 2 heterocycles. The summed E-state index contributed by atoms with van der Waals surface area (Å²) in [6.45, 7) is 1.52. The summed E-state index contributed by atoms with van der Waals surface area (Å²) in [6.07, 6.45) is -2.48. The van der Waals surface area contributed by atoms with Gasteiger partial charge in [0.15, 0.2) is 17.9 Å². The third-order valence-electron chi connectivity index (χ3n) is 4.96. The zero-order chi connectivity index (χ0) is 26.6. The normalized spacial score (nSPS) is 14.7. The van der Waals surface area contributed by atoms with Crippen molar-refractivity contribution in [1.29, 1.82) is 0 Å². The highest BCUT2D eigenvalue weighted by Crippen LogP contribution is 2.40. The average Bonchev–Trinajstić information content (AvgIpc) is 2.83. The molecule has 192 valence electrons. The van der Waals surface area contributed by atoms with Gasteiger partial charge < -0.3 is 9.64 Å². The number of hydrogen-bond donors (Lipinski definition) is 0. The first-order chi connectivity index (χ1) is 16.9. The second kappa shape index (κ2) is 11.8. The van der Waals surface area contributed by atoms with Crippen molar-refractivity contribution < 1.29 is 31.9 Å². The maximum absolute atomic E-state index is 13.5. The molecule has 0 fully saturated rings. The Hall–Kier alpha value is -2.38. The largest absolute Gasteiger partial charge is 0.438 e. The molecule has 0 saturated carbocycles. The van der Waals surface area contributed by atoms with Crippen molar-refractivity contribution in [2.45, 2.75) is 26.1 Å². The number of hydrogen-bond acceptors (Lipinski definition) is 8. The number of alkyl halides is 3. The molecule has 2 aromatic rings. The van der Waals surface area contributed by atoms with Crippen molar-refractivity contribution in [3.05, 3.63) is 57.4 Å². The van der Waals surface area contributed by atoms with Gasteiger partial charge in [0.25, 0.3) is 0 Å². The number of aromatic nitrogens is 2. The molecule has 1 aliphatic heterocycles. The van der Waals surface area contributed by atoms with Crippen molar-refractivity contribution >= 4 is 58.3 Å². The molecule has 36 heavy (non-hydrogen) atoms. The van der Waals surface area contributed by atoms with Crippen LogP contribution in [0, 0.1) is 5.82 Å². The highest BCUT2D eigenvalue weighted by molar-refractivity contribution is 14.2. The number of Topliss-reactive ketones (excluding diaryl/α,β-unsaturated/α-hetero) is 1. The van der Waals surface area contributed by atoms with Crippen LogP contribution in [-0.2, 0) is 23.9 Å². The van der Waals surface area contributed by atoms with Crippen LogP contribution in [0.4, 0.5) is 17.6 Å². The number of allylic oxidation sites excluding steroid dienone is 2. The standard InChI is InChI=1S/C21H18ClF4IN5O3P/c1-11(34)19-29-16-9-32(17(15(22)10-33)8-28-31(2)36-27)6-5-13(16)20(30-19)35-18-4-3-12(23)7-14(18)21(24,25)26/h3-4,7-8,10,36H,5-6,9H2,1-2H3/b17-15-,28-8-. The summed E-state index contributed by atoms with van der Waals surface area (Å²) in [7, 11) is 1.74. The lowest BCUT2D eigenvalue weighted by Crippen LogP contribution is -2.33. The topological polar surface area (TPSA) is 88.0 Å². The minimum atomic E-state index is -4.89. The van der Waals surface area contributed by atoms with Crippen molar-refractivity contribution in [1.82, 2.24) is 19.6 Å². The van der Waals surface area contributed by atoms with E-state index in [9.17, 15) is 27.2 Å². The van der Waals surface area contributed by atoms with Crippen LogP contribution in [0.25, 0.3) is 0 Å². The van der Waals surface area contributed by atoms with Gasteiger partial charge in [0.05, 0.1) is 30.5 Å². The maximum atomic E-state index is 13.5. The van der Waals surface area contributed by atoms with Crippen molar-refractivity contribution in [2.24, 2.45) is 5.10 Å². The number of nitrogens with zero attached hydrogens (tertiary/aromatic N) is 5. The lowest BCUT2D eigenvalue weighted by Gasteiger charge is -2.31. The minimum Gasteiger partial charge on any atom is -0.438 e. The predicted molar refractivity (Wildman–Crippen MR) is 135 cm³/mol. The molecule has 0 spiro atoms. The molecule has 0 bridgehead atoms. The Bertz CT molecular complexity index is 1240. The number of rotatable bonds is 8. The van der Waals surface area contributed by atoms with Gasteiger partial charge in [0.1, 0.15) is 22.2 Å². The van der Waals surface area contributed by atoms with E-state index in [-0.39, 0.29) is 36.2 Å². The Balaban J connectivity index is 2.05. The monoisotopic (exact) mass is 657 g/mol. The van der Waals surface area contributed by atoms with Crippen molar-refractivity contribution in [2.75, 3.05) is 13.6 Å². The Kier molecular flexibility index (Phi) is 9.23. The molecule has 3 rings (SSSR count). The molecule has 1 unspecified atom stereocenters. The van der Waals surface area contributed by atoms with Crippen molar-refractivity contribution in [3.63, 3.8) is 0 Å². The van der Waals surface area contributed by atoms with Gasteiger partial charge in [-0.3, -0.25) is 14.4 Å². The smallest absolute Gasteiger partial charge is 0.420 e. The number of carbonyl (C=O) groups excluding carboxylic acids is 2. The summed E-state index contributed by atoms with van der Waals surface area (Å²) >= 11 is 8.25. The first-order valence-corrected chi connectivity index (χ1v) is 14.6. The van der Waals surface area contributed by atoms with Gasteiger partial charge in [-0.05, 0) is 46.7 Å². The molecular formula is C21H18ClF4IN5O3P. The quantitative estimate of drug-likeness (QED) is 0.0542. The summed E-state index contributed by atoms with van der Waals surface area (Å²) in [4.78, 5) is 33.4. The van der Waals surface area contributed by atoms with E-state index in [2.05, 4.69) is 37.1 Å². The Morgan fingerprint density at radius 3 is 2.69 bits per heavy atom. The van der Waals surface area contributed by atoms with E-state index in [1.54, 1.807) is 16.7 Å². The van der Waals surface area contributed by atoms with Gasteiger partial charge in [-0.25, -0.2) is 9.37 Å². The number of ether oxygens (including phenoxy) is 1. The molecule has 0 N–H and O–H groups in total. The van der Waals surface area contributed by atoms with Crippen LogP contribution >= 0.6 is 40.0 Å². The molecule has 1 aliphatic rings. The van der Waals surface area contributed by atoms with Gasteiger partial charge in [0, 0.05) is 26.1 Å². The van der Waals surface area contributed by atoms with Crippen LogP contribution in [0.3, 0.4) is 0 Å². The number of hydrazone groups is 1. The molecule has 0 aliphatic carbocycles.